The SMILES string of the molecule is CNS(=O)(=O)c1ccc(NC2CCCCCCC2)cc1N. The van der Waals surface area contributed by atoms with Crippen molar-refractivity contribution in [3.8, 4) is 0 Å². The molecule has 0 radical (unpaired) electrons. The van der Waals surface area contributed by atoms with Crippen LogP contribution in [0, 0.1) is 0 Å². The summed E-state index contributed by atoms with van der Waals surface area (Å²) in [7, 11) is -2.11. The highest BCUT2D eigenvalue weighted by Gasteiger charge is 2.16. The molecule has 0 saturated heterocycles. The van der Waals surface area contributed by atoms with Gasteiger partial charge in [-0.1, -0.05) is 32.1 Å². The number of hydrogen-bond acceptors (Lipinski definition) is 4. The Balaban J connectivity index is 2.09. The lowest BCUT2D eigenvalue weighted by Crippen LogP contribution is -2.22. The van der Waals surface area contributed by atoms with E-state index in [-0.39, 0.29) is 10.6 Å². The summed E-state index contributed by atoms with van der Waals surface area (Å²) in [6.45, 7) is 0. The van der Waals surface area contributed by atoms with Crippen LogP contribution in [-0.4, -0.2) is 21.5 Å². The first-order valence-corrected chi connectivity index (χ1v) is 9.11. The van der Waals surface area contributed by atoms with Crippen molar-refractivity contribution in [2.75, 3.05) is 18.1 Å². The van der Waals surface area contributed by atoms with Crippen LogP contribution in [0.3, 0.4) is 0 Å². The minimum absolute atomic E-state index is 0.133. The van der Waals surface area contributed by atoms with Gasteiger partial charge in [0.25, 0.3) is 0 Å². The maximum absolute atomic E-state index is 11.8. The summed E-state index contributed by atoms with van der Waals surface area (Å²) in [5.74, 6) is 0. The van der Waals surface area contributed by atoms with Crippen LogP contribution in [0.5, 0.6) is 0 Å². The maximum Gasteiger partial charge on any atom is 0.242 e. The van der Waals surface area contributed by atoms with Gasteiger partial charge in [-0.05, 0) is 38.1 Å². The molecule has 1 aliphatic carbocycles. The predicted molar refractivity (Wildman–Crippen MR) is 86.8 cm³/mol. The first-order chi connectivity index (χ1) is 10.0. The number of benzene rings is 1. The van der Waals surface area contributed by atoms with Gasteiger partial charge in [0.15, 0.2) is 0 Å². The average Bonchev–Trinajstić information content (AvgIpc) is 2.41. The van der Waals surface area contributed by atoms with Crippen LogP contribution in [0.15, 0.2) is 23.1 Å². The van der Waals surface area contributed by atoms with E-state index in [1.807, 2.05) is 0 Å². The third-order valence-corrected chi connectivity index (χ3v) is 5.53. The number of sulfonamides is 1. The largest absolute Gasteiger partial charge is 0.398 e. The van der Waals surface area contributed by atoms with E-state index in [2.05, 4.69) is 10.0 Å². The van der Waals surface area contributed by atoms with Crippen LogP contribution in [0.25, 0.3) is 0 Å². The molecule has 0 bridgehead atoms. The van der Waals surface area contributed by atoms with Crippen molar-refractivity contribution >= 4 is 21.4 Å². The summed E-state index contributed by atoms with van der Waals surface area (Å²) >= 11 is 0. The lowest BCUT2D eigenvalue weighted by molar-refractivity contribution is 0.471. The van der Waals surface area contributed by atoms with Gasteiger partial charge < -0.3 is 11.1 Å². The second-order valence-corrected chi connectivity index (χ2v) is 7.50. The average molecular weight is 311 g/mol. The van der Waals surface area contributed by atoms with Crippen LogP contribution >= 0.6 is 0 Å². The first kappa shape index (κ1) is 16.1. The smallest absolute Gasteiger partial charge is 0.242 e. The standard InChI is InChI=1S/C15H25N3O2S/c1-17-21(19,20)15-10-9-13(11-14(15)16)18-12-7-5-3-2-4-6-8-12/h9-12,17-18H,2-8,16H2,1H3. The van der Waals surface area contributed by atoms with E-state index in [9.17, 15) is 8.42 Å². The van der Waals surface area contributed by atoms with E-state index >= 15 is 0 Å². The summed E-state index contributed by atoms with van der Waals surface area (Å²) in [6, 6.07) is 5.52. The normalized spacial score (nSPS) is 18.0. The van der Waals surface area contributed by atoms with Crippen LogP contribution in [-0.2, 0) is 10.0 Å². The van der Waals surface area contributed by atoms with Gasteiger partial charge in [0.1, 0.15) is 4.90 Å². The zero-order valence-electron chi connectivity index (χ0n) is 12.6. The molecule has 1 aromatic rings. The van der Waals surface area contributed by atoms with Gasteiger partial charge in [0, 0.05) is 11.7 Å². The molecule has 118 valence electrons. The molecule has 0 unspecified atom stereocenters. The van der Waals surface area contributed by atoms with Gasteiger partial charge in [-0.25, -0.2) is 13.1 Å². The lowest BCUT2D eigenvalue weighted by atomic mass is 9.96. The minimum atomic E-state index is -3.49. The molecule has 0 spiro atoms. The van der Waals surface area contributed by atoms with Crippen LogP contribution in [0.1, 0.15) is 44.9 Å². The molecule has 0 amide bonds. The highest BCUT2D eigenvalue weighted by Crippen LogP contribution is 2.25. The van der Waals surface area contributed by atoms with Gasteiger partial charge in [-0.15, -0.1) is 0 Å². The summed E-state index contributed by atoms with van der Waals surface area (Å²) in [5.41, 5.74) is 7.06. The Morgan fingerprint density at radius 3 is 2.29 bits per heavy atom. The topological polar surface area (TPSA) is 84.2 Å². The predicted octanol–water partition coefficient (Wildman–Crippen LogP) is 2.70. The molecule has 5 nitrogen and oxygen atoms in total. The maximum atomic E-state index is 11.8. The molecule has 0 aliphatic heterocycles. The second kappa shape index (κ2) is 7.13. The van der Waals surface area contributed by atoms with Crippen molar-refractivity contribution in [2.45, 2.75) is 55.9 Å². The molecule has 0 heterocycles. The lowest BCUT2D eigenvalue weighted by Gasteiger charge is -2.22. The Kier molecular flexibility index (Phi) is 5.47. The highest BCUT2D eigenvalue weighted by atomic mass is 32.2. The number of nitrogens with two attached hydrogens (primary N) is 1. The summed E-state index contributed by atoms with van der Waals surface area (Å²) in [6.07, 6.45) is 8.78. The van der Waals surface area contributed by atoms with E-state index in [1.54, 1.807) is 18.2 Å². The molecule has 21 heavy (non-hydrogen) atoms. The van der Waals surface area contributed by atoms with Crippen molar-refractivity contribution in [2.24, 2.45) is 0 Å². The summed E-state index contributed by atoms with van der Waals surface area (Å²) in [5, 5.41) is 3.49. The Hall–Kier alpha value is -1.27. The van der Waals surface area contributed by atoms with Crippen LogP contribution in [0.2, 0.25) is 0 Å². The molecule has 6 heteroatoms. The zero-order valence-corrected chi connectivity index (χ0v) is 13.4. The molecule has 4 N–H and O–H groups in total. The summed E-state index contributed by atoms with van der Waals surface area (Å²) < 4.78 is 25.9. The molecular weight excluding hydrogens is 286 g/mol. The van der Waals surface area contributed by atoms with Gasteiger partial charge in [-0.3, -0.25) is 0 Å². The van der Waals surface area contributed by atoms with Crippen molar-refractivity contribution in [1.82, 2.24) is 4.72 Å². The van der Waals surface area contributed by atoms with Gasteiger partial charge in [0.2, 0.25) is 10.0 Å². The van der Waals surface area contributed by atoms with Gasteiger partial charge >= 0.3 is 0 Å². The van der Waals surface area contributed by atoms with E-state index in [0.717, 1.165) is 18.5 Å². The van der Waals surface area contributed by atoms with E-state index < -0.39 is 10.0 Å². The highest BCUT2D eigenvalue weighted by molar-refractivity contribution is 7.89. The third kappa shape index (κ3) is 4.35. The Morgan fingerprint density at radius 2 is 1.71 bits per heavy atom. The molecule has 2 rings (SSSR count). The Morgan fingerprint density at radius 1 is 1.10 bits per heavy atom. The fourth-order valence-corrected chi connectivity index (χ4v) is 3.67. The molecule has 1 saturated carbocycles. The molecule has 1 fully saturated rings. The van der Waals surface area contributed by atoms with Crippen molar-refractivity contribution in [3.05, 3.63) is 18.2 Å². The van der Waals surface area contributed by atoms with E-state index in [0.29, 0.717) is 6.04 Å². The quantitative estimate of drug-likeness (QED) is 0.746. The van der Waals surface area contributed by atoms with E-state index in [1.165, 1.54) is 39.2 Å². The minimum Gasteiger partial charge on any atom is -0.398 e. The molecule has 1 aliphatic rings. The van der Waals surface area contributed by atoms with Gasteiger partial charge in [0.05, 0.1) is 5.69 Å². The van der Waals surface area contributed by atoms with Gasteiger partial charge in [-0.2, -0.15) is 0 Å². The van der Waals surface area contributed by atoms with Crippen molar-refractivity contribution in [1.29, 1.82) is 0 Å². The fraction of sp³-hybridized carbons (Fsp3) is 0.600. The van der Waals surface area contributed by atoms with Crippen LogP contribution in [0.4, 0.5) is 11.4 Å². The number of rotatable bonds is 4. The number of hydrogen-bond donors (Lipinski definition) is 3. The Bertz CT molecular complexity index is 564. The van der Waals surface area contributed by atoms with Crippen molar-refractivity contribution in [3.63, 3.8) is 0 Å². The molecular formula is C15H25N3O2S. The van der Waals surface area contributed by atoms with Crippen LogP contribution < -0.4 is 15.8 Å². The summed E-state index contributed by atoms with van der Waals surface area (Å²) in [4.78, 5) is 0.133. The van der Waals surface area contributed by atoms with Crippen molar-refractivity contribution < 1.29 is 8.42 Å². The third-order valence-electron chi connectivity index (χ3n) is 4.04. The number of nitrogens with one attached hydrogen (secondary N) is 2. The molecule has 0 atom stereocenters. The number of nitrogen functional groups attached to an aromatic ring is 1. The Labute approximate surface area is 127 Å². The second-order valence-electron chi connectivity index (χ2n) is 5.65. The molecule has 1 aromatic carbocycles. The number of anilines is 2. The fourth-order valence-electron chi connectivity index (χ4n) is 2.83. The zero-order chi connectivity index (χ0) is 15.3. The van der Waals surface area contributed by atoms with E-state index in [4.69, 9.17) is 5.73 Å². The first-order valence-electron chi connectivity index (χ1n) is 7.62. The monoisotopic (exact) mass is 311 g/mol. The molecule has 0 aromatic heterocycles.